The van der Waals surface area contributed by atoms with E-state index >= 15 is 0 Å². The van der Waals surface area contributed by atoms with Crippen LogP contribution in [0.25, 0.3) is 0 Å². The van der Waals surface area contributed by atoms with E-state index in [4.69, 9.17) is 0 Å². The minimum atomic E-state index is -0.740. The van der Waals surface area contributed by atoms with Crippen LogP contribution in [0, 0.1) is 0 Å². The highest BCUT2D eigenvalue weighted by atomic mass is 16.2. The second kappa shape index (κ2) is 4.94. The summed E-state index contributed by atoms with van der Waals surface area (Å²) in [5.41, 5.74) is -1.47. The number of aromatic nitrogens is 3. The van der Waals surface area contributed by atoms with E-state index in [0.29, 0.717) is 0 Å². The minimum absolute atomic E-state index is 0.149. The summed E-state index contributed by atoms with van der Waals surface area (Å²) in [6, 6.07) is -0.354. The summed E-state index contributed by atoms with van der Waals surface area (Å²) in [5.74, 6) is 0. The fraction of sp³-hybridized carbons (Fsp3) is 0.429. The molecule has 1 heterocycles. The van der Waals surface area contributed by atoms with Crippen molar-refractivity contribution in [1.29, 1.82) is 0 Å². The maximum absolute atomic E-state index is 11.1. The van der Waals surface area contributed by atoms with E-state index in [2.05, 4.69) is 20.7 Å². The highest BCUT2D eigenvalue weighted by Gasteiger charge is 2.01. The van der Waals surface area contributed by atoms with Crippen LogP contribution in [-0.2, 0) is 6.54 Å². The Morgan fingerprint density at radius 1 is 1.60 bits per heavy atom. The van der Waals surface area contributed by atoms with Gasteiger partial charge in [-0.3, -0.25) is 9.59 Å². The van der Waals surface area contributed by atoms with E-state index < -0.39 is 11.1 Å². The summed E-state index contributed by atoms with van der Waals surface area (Å²) < 4.78 is 0.981. The Kier molecular flexibility index (Phi) is 3.61. The molecular weight excluding hydrogens is 202 g/mol. The van der Waals surface area contributed by atoms with Gasteiger partial charge in [-0.15, -0.1) is 0 Å². The van der Waals surface area contributed by atoms with E-state index in [-0.39, 0.29) is 19.1 Å². The molecule has 3 N–H and O–H groups in total. The average Bonchev–Trinajstić information content (AvgIpc) is 2.24. The van der Waals surface area contributed by atoms with Crippen molar-refractivity contribution in [3.63, 3.8) is 0 Å². The topological polar surface area (TPSA) is 109 Å². The van der Waals surface area contributed by atoms with Gasteiger partial charge < -0.3 is 15.6 Å². The molecule has 8 heteroatoms. The number of carbonyl (C=O) groups is 1. The van der Waals surface area contributed by atoms with Gasteiger partial charge in [0, 0.05) is 13.6 Å². The SMILES string of the molecule is CNC(=O)NCCn1nc[nH]c(=O)c1=O. The number of hydrogen-bond acceptors (Lipinski definition) is 4. The molecule has 82 valence electrons. The van der Waals surface area contributed by atoms with Crippen molar-refractivity contribution in [2.45, 2.75) is 6.54 Å². The molecule has 0 unspecified atom stereocenters. The average molecular weight is 213 g/mol. The van der Waals surface area contributed by atoms with Crippen LogP contribution in [0.2, 0.25) is 0 Å². The highest BCUT2D eigenvalue weighted by molar-refractivity contribution is 5.73. The first-order valence-electron chi connectivity index (χ1n) is 4.25. The number of urea groups is 1. The van der Waals surface area contributed by atoms with Crippen LogP contribution < -0.4 is 21.8 Å². The molecule has 0 aliphatic carbocycles. The fourth-order valence-electron chi connectivity index (χ4n) is 0.912. The first kappa shape index (κ1) is 11.0. The van der Waals surface area contributed by atoms with Gasteiger partial charge in [0.15, 0.2) is 0 Å². The molecule has 0 aliphatic rings. The van der Waals surface area contributed by atoms with Crippen LogP contribution in [0.1, 0.15) is 0 Å². The summed E-state index contributed by atoms with van der Waals surface area (Å²) in [6.45, 7) is 0.367. The Bertz CT molecular complexity index is 448. The molecule has 0 radical (unpaired) electrons. The van der Waals surface area contributed by atoms with E-state index in [0.717, 1.165) is 11.0 Å². The van der Waals surface area contributed by atoms with Crippen molar-refractivity contribution in [3.05, 3.63) is 27.0 Å². The summed E-state index contributed by atoms with van der Waals surface area (Å²) in [7, 11) is 1.48. The number of aromatic amines is 1. The highest BCUT2D eigenvalue weighted by Crippen LogP contribution is 1.70. The van der Waals surface area contributed by atoms with Gasteiger partial charge in [0.05, 0.1) is 6.54 Å². The minimum Gasteiger partial charge on any atom is -0.341 e. The number of hydrogen-bond donors (Lipinski definition) is 3. The molecule has 0 atom stereocenters. The molecule has 1 aromatic rings. The number of amides is 2. The van der Waals surface area contributed by atoms with Crippen molar-refractivity contribution in [1.82, 2.24) is 25.4 Å². The fourth-order valence-corrected chi connectivity index (χ4v) is 0.912. The zero-order valence-electron chi connectivity index (χ0n) is 8.11. The lowest BCUT2D eigenvalue weighted by molar-refractivity contribution is 0.242. The molecule has 15 heavy (non-hydrogen) atoms. The van der Waals surface area contributed by atoms with Crippen LogP contribution in [0.4, 0.5) is 4.79 Å². The first-order chi connectivity index (χ1) is 7.15. The Labute approximate surface area is 84.3 Å². The molecule has 0 aromatic carbocycles. The Morgan fingerprint density at radius 2 is 2.33 bits per heavy atom. The molecule has 8 nitrogen and oxygen atoms in total. The number of nitrogens with zero attached hydrogens (tertiary/aromatic N) is 2. The van der Waals surface area contributed by atoms with Crippen molar-refractivity contribution >= 4 is 6.03 Å². The predicted octanol–water partition coefficient (Wildman–Crippen LogP) is -2.14. The maximum atomic E-state index is 11.1. The molecule has 0 saturated heterocycles. The third kappa shape index (κ3) is 2.93. The van der Waals surface area contributed by atoms with E-state index in [9.17, 15) is 14.4 Å². The Balaban J connectivity index is 2.59. The maximum Gasteiger partial charge on any atom is 0.332 e. The lowest BCUT2D eigenvalue weighted by Crippen LogP contribution is -2.41. The van der Waals surface area contributed by atoms with Crippen molar-refractivity contribution in [3.8, 4) is 0 Å². The molecule has 0 spiro atoms. The molecule has 1 rings (SSSR count). The molecule has 0 saturated carbocycles. The summed E-state index contributed by atoms with van der Waals surface area (Å²) >= 11 is 0. The standard InChI is InChI=1S/C7H11N5O3/c1-8-7(15)9-2-3-12-6(14)5(13)10-4-11-12/h4H,2-3H2,1H3,(H2,8,9,15)(H,10,11,13). The summed E-state index contributed by atoms with van der Waals surface area (Å²) in [5, 5.41) is 8.46. The van der Waals surface area contributed by atoms with Gasteiger partial charge in [-0.25, -0.2) is 9.48 Å². The van der Waals surface area contributed by atoms with Gasteiger partial charge in [-0.05, 0) is 0 Å². The third-order valence-electron chi connectivity index (χ3n) is 1.66. The van der Waals surface area contributed by atoms with E-state index in [1.54, 1.807) is 0 Å². The quantitative estimate of drug-likeness (QED) is 0.498. The lowest BCUT2D eigenvalue weighted by atomic mass is 10.6. The molecule has 0 aliphatic heterocycles. The smallest absolute Gasteiger partial charge is 0.332 e. The van der Waals surface area contributed by atoms with Crippen molar-refractivity contribution in [2.24, 2.45) is 0 Å². The van der Waals surface area contributed by atoms with Gasteiger partial charge in [0.25, 0.3) is 0 Å². The number of carbonyl (C=O) groups excluding carboxylic acids is 1. The van der Waals surface area contributed by atoms with Crippen LogP contribution in [0.15, 0.2) is 15.9 Å². The van der Waals surface area contributed by atoms with Crippen molar-refractivity contribution in [2.75, 3.05) is 13.6 Å². The summed E-state index contributed by atoms with van der Waals surface area (Å²) in [4.78, 5) is 34.9. The van der Waals surface area contributed by atoms with Crippen LogP contribution >= 0.6 is 0 Å². The Morgan fingerprint density at radius 3 is 3.00 bits per heavy atom. The van der Waals surface area contributed by atoms with Gasteiger partial charge in [-0.2, -0.15) is 5.10 Å². The van der Waals surface area contributed by atoms with Crippen LogP contribution in [0.5, 0.6) is 0 Å². The summed E-state index contributed by atoms with van der Waals surface area (Å²) in [6.07, 6.45) is 1.13. The van der Waals surface area contributed by atoms with E-state index in [1.165, 1.54) is 7.05 Å². The molecule has 0 fully saturated rings. The zero-order valence-corrected chi connectivity index (χ0v) is 8.11. The van der Waals surface area contributed by atoms with Gasteiger partial charge >= 0.3 is 17.1 Å². The number of rotatable bonds is 3. The third-order valence-corrected chi connectivity index (χ3v) is 1.66. The van der Waals surface area contributed by atoms with Gasteiger partial charge in [0.1, 0.15) is 6.33 Å². The number of nitrogens with one attached hydrogen (secondary N) is 3. The van der Waals surface area contributed by atoms with E-state index in [1.807, 2.05) is 0 Å². The van der Waals surface area contributed by atoms with Gasteiger partial charge in [0.2, 0.25) is 0 Å². The van der Waals surface area contributed by atoms with Crippen LogP contribution in [0.3, 0.4) is 0 Å². The second-order valence-corrected chi connectivity index (χ2v) is 2.65. The Hall–Kier alpha value is -2.12. The van der Waals surface area contributed by atoms with Crippen LogP contribution in [-0.4, -0.2) is 34.4 Å². The lowest BCUT2D eigenvalue weighted by Gasteiger charge is -2.04. The van der Waals surface area contributed by atoms with Gasteiger partial charge in [-0.1, -0.05) is 0 Å². The molecular formula is C7H11N5O3. The molecule has 0 bridgehead atoms. The largest absolute Gasteiger partial charge is 0.341 e. The van der Waals surface area contributed by atoms with Crippen molar-refractivity contribution < 1.29 is 4.79 Å². The normalized spacial score (nSPS) is 9.67. The first-order valence-corrected chi connectivity index (χ1v) is 4.25. The molecule has 1 aromatic heterocycles. The zero-order chi connectivity index (χ0) is 11.3. The monoisotopic (exact) mass is 213 g/mol. The predicted molar refractivity (Wildman–Crippen MR) is 51.6 cm³/mol. The number of H-pyrrole nitrogens is 1. The molecule has 2 amide bonds. The second-order valence-electron chi connectivity index (χ2n) is 2.65.